The van der Waals surface area contributed by atoms with E-state index in [1.54, 1.807) is 0 Å². The van der Waals surface area contributed by atoms with E-state index in [1.165, 1.54) is 29.8 Å². The zero-order valence-electron chi connectivity index (χ0n) is 7.57. The van der Waals surface area contributed by atoms with Crippen molar-refractivity contribution in [2.45, 2.75) is 40.0 Å². The normalized spacial score (nSPS) is 10.5. The van der Waals surface area contributed by atoms with Crippen LogP contribution in [-0.2, 0) is 6.42 Å². The highest BCUT2D eigenvalue weighted by atomic mass is 15.1. The van der Waals surface area contributed by atoms with E-state index >= 15 is 0 Å². The molecule has 1 rings (SSSR count). The Morgan fingerprint density at radius 1 is 1.36 bits per heavy atom. The first kappa shape index (κ1) is 8.31. The average molecular weight is 152 g/mol. The van der Waals surface area contributed by atoms with Crippen LogP contribution in [0.2, 0.25) is 0 Å². The zero-order valence-corrected chi connectivity index (χ0v) is 7.57. The molecule has 0 radical (unpaired) electrons. The van der Waals surface area contributed by atoms with Gasteiger partial charge in [-0.1, -0.05) is 13.3 Å². The Kier molecular flexibility index (Phi) is 2.69. The summed E-state index contributed by atoms with van der Waals surface area (Å²) in [7, 11) is 0. The maximum Gasteiger partial charge on any atom is 0.0654 e. The van der Waals surface area contributed by atoms with Gasteiger partial charge in [-0.15, -0.1) is 0 Å². The predicted octanol–water partition coefficient (Wildman–Crippen LogP) is 2.37. The number of aromatic nitrogens is 2. The molecule has 62 valence electrons. The van der Waals surface area contributed by atoms with Crippen molar-refractivity contribution in [1.29, 1.82) is 0 Å². The van der Waals surface area contributed by atoms with Gasteiger partial charge < -0.3 is 0 Å². The van der Waals surface area contributed by atoms with Crippen molar-refractivity contribution in [1.82, 2.24) is 10.2 Å². The minimum absolute atomic E-state index is 1.12. The van der Waals surface area contributed by atoms with E-state index in [9.17, 15) is 0 Å². The van der Waals surface area contributed by atoms with Crippen molar-refractivity contribution in [2.75, 3.05) is 0 Å². The van der Waals surface area contributed by atoms with Crippen molar-refractivity contribution < 1.29 is 0 Å². The van der Waals surface area contributed by atoms with Crippen LogP contribution in [-0.4, -0.2) is 10.2 Å². The number of aryl methyl sites for hydroxylation is 2. The van der Waals surface area contributed by atoms with E-state index in [0.717, 1.165) is 6.42 Å². The Hall–Kier alpha value is -0.790. The fourth-order valence-corrected chi connectivity index (χ4v) is 1.12. The van der Waals surface area contributed by atoms with Crippen LogP contribution >= 0.6 is 0 Å². The number of hydrogen-bond acceptors (Lipinski definition) is 1. The van der Waals surface area contributed by atoms with Crippen molar-refractivity contribution >= 4 is 0 Å². The second kappa shape index (κ2) is 3.56. The van der Waals surface area contributed by atoms with E-state index in [1.807, 2.05) is 0 Å². The van der Waals surface area contributed by atoms with Crippen LogP contribution in [0.25, 0.3) is 0 Å². The number of H-pyrrole nitrogens is 1. The molecule has 0 unspecified atom stereocenters. The van der Waals surface area contributed by atoms with E-state index < -0.39 is 0 Å². The number of aromatic amines is 1. The lowest BCUT2D eigenvalue weighted by Gasteiger charge is -1.94. The third-order valence-electron chi connectivity index (χ3n) is 2.12. The van der Waals surface area contributed by atoms with Crippen LogP contribution < -0.4 is 0 Å². The lowest BCUT2D eigenvalue weighted by Crippen LogP contribution is -1.87. The largest absolute Gasteiger partial charge is 0.282 e. The molecule has 0 aliphatic rings. The molecule has 0 saturated heterocycles. The average Bonchev–Trinajstić information content (AvgIpc) is 2.31. The standard InChI is InChI=1S/C9H16N2/c1-4-5-6-9-7(2)8(3)10-11-9/h4-6H2,1-3H3,(H,10,11). The minimum atomic E-state index is 1.12. The monoisotopic (exact) mass is 152 g/mol. The van der Waals surface area contributed by atoms with Gasteiger partial charge in [-0.05, 0) is 32.3 Å². The molecule has 0 spiro atoms. The van der Waals surface area contributed by atoms with Crippen LogP contribution in [0, 0.1) is 13.8 Å². The molecule has 1 heterocycles. The smallest absolute Gasteiger partial charge is 0.0654 e. The topological polar surface area (TPSA) is 28.7 Å². The molecule has 0 aromatic carbocycles. The Labute approximate surface area is 68.0 Å². The highest BCUT2D eigenvalue weighted by molar-refractivity contribution is 5.22. The highest BCUT2D eigenvalue weighted by Crippen LogP contribution is 2.10. The third kappa shape index (κ3) is 1.82. The SMILES string of the molecule is CCCCc1n[nH]c(C)c1C. The predicted molar refractivity (Wildman–Crippen MR) is 46.7 cm³/mol. The molecule has 0 saturated carbocycles. The number of nitrogens with zero attached hydrogens (tertiary/aromatic N) is 1. The maximum atomic E-state index is 4.23. The Morgan fingerprint density at radius 3 is 2.55 bits per heavy atom. The van der Waals surface area contributed by atoms with Gasteiger partial charge in [0.05, 0.1) is 5.69 Å². The first-order chi connectivity index (χ1) is 5.25. The van der Waals surface area contributed by atoms with Gasteiger partial charge in [0.15, 0.2) is 0 Å². The summed E-state index contributed by atoms with van der Waals surface area (Å²) in [5.41, 5.74) is 3.78. The second-order valence-electron chi connectivity index (χ2n) is 3.02. The lowest BCUT2D eigenvalue weighted by atomic mass is 10.1. The Bertz CT molecular complexity index is 225. The van der Waals surface area contributed by atoms with E-state index in [4.69, 9.17) is 0 Å². The van der Waals surface area contributed by atoms with Crippen LogP contribution in [0.5, 0.6) is 0 Å². The number of hydrogen-bond donors (Lipinski definition) is 1. The van der Waals surface area contributed by atoms with Gasteiger partial charge in [-0.2, -0.15) is 5.10 Å². The number of rotatable bonds is 3. The summed E-state index contributed by atoms with van der Waals surface area (Å²) in [5, 5.41) is 7.22. The molecular formula is C9H16N2. The van der Waals surface area contributed by atoms with Gasteiger partial charge in [-0.25, -0.2) is 0 Å². The van der Waals surface area contributed by atoms with Gasteiger partial charge >= 0.3 is 0 Å². The molecule has 0 aliphatic heterocycles. The quantitative estimate of drug-likeness (QED) is 0.707. The van der Waals surface area contributed by atoms with Crippen molar-refractivity contribution in [3.63, 3.8) is 0 Å². The van der Waals surface area contributed by atoms with Gasteiger partial charge in [0, 0.05) is 5.69 Å². The summed E-state index contributed by atoms with van der Waals surface area (Å²) in [6, 6.07) is 0. The first-order valence-corrected chi connectivity index (χ1v) is 4.26. The number of nitrogens with one attached hydrogen (secondary N) is 1. The Balaban J connectivity index is 2.63. The van der Waals surface area contributed by atoms with Gasteiger partial charge in [-0.3, -0.25) is 5.10 Å². The molecule has 0 atom stereocenters. The molecule has 2 heteroatoms. The van der Waals surface area contributed by atoms with Crippen molar-refractivity contribution in [2.24, 2.45) is 0 Å². The van der Waals surface area contributed by atoms with Crippen LogP contribution in [0.15, 0.2) is 0 Å². The minimum Gasteiger partial charge on any atom is -0.282 e. The summed E-state index contributed by atoms with van der Waals surface area (Å²) >= 11 is 0. The highest BCUT2D eigenvalue weighted by Gasteiger charge is 2.03. The summed E-state index contributed by atoms with van der Waals surface area (Å²) in [6.07, 6.45) is 3.60. The summed E-state index contributed by atoms with van der Waals surface area (Å²) < 4.78 is 0. The molecule has 11 heavy (non-hydrogen) atoms. The molecule has 0 bridgehead atoms. The van der Waals surface area contributed by atoms with Crippen LogP contribution in [0.1, 0.15) is 36.7 Å². The molecular weight excluding hydrogens is 136 g/mol. The molecule has 1 N–H and O–H groups in total. The van der Waals surface area contributed by atoms with Gasteiger partial charge in [0.1, 0.15) is 0 Å². The van der Waals surface area contributed by atoms with Crippen molar-refractivity contribution in [3.05, 3.63) is 17.0 Å². The fourth-order valence-electron chi connectivity index (χ4n) is 1.12. The van der Waals surface area contributed by atoms with E-state index in [-0.39, 0.29) is 0 Å². The maximum absolute atomic E-state index is 4.23. The zero-order chi connectivity index (χ0) is 8.27. The van der Waals surface area contributed by atoms with Gasteiger partial charge in [0.2, 0.25) is 0 Å². The molecule has 2 nitrogen and oxygen atoms in total. The van der Waals surface area contributed by atoms with Gasteiger partial charge in [0.25, 0.3) is 0 Å². The van der Waals surface area contributed by atoms with Crippen molar-refractivity contribution in [3.8, 4) is 0 Å². The summed E-state index contributed by atoms with van der Waals surface area (Å²) in [6.45, 7) is 6.40. The lowest BCUT2D eigenvalue weighted by molar-refractivity contribution is 0.768. The van der Waals surface area contributed by atoms with E-state index in [2.05, 4.69) is 31.0 Å². The Morgan fingerprint density at radius 2 is 2.09 bits per heavy atom. The molecule has 0 fully saturated rings. The molecule has 1 aromatic heterocycles. The van der Waals surface area contributed by atoms with Crippen LogP contribution in [0.4, 0.5) is 0 Å². The first-order valence-electron chi connectivity index (χ1n) is 4.26. The summed E-state index contributed by atoms with van der Waals surface area (Å²) in [5.74, 6) is 0. The third-order valence-corrected chi connectivity index (χ3v) is 2.12. The molecule has 0 amide bonds. The summed E-state index contributed by atoms with van der Waals surface area (Å²) in [4.78, 5) is 0. The second-order valence-corrected chi connectivity index (χ2v) is 3.02. The fraction of sp³-hybridized carbons (Fsp3) is 0.667. The van der Waals surface area contributed by atoms with Crippen LogP contribution in [0.3, 0.4) is 0 Å². The van der Waals surface area contributed by atoms with E-state index in [0.29, 0.717) is 0 Å². The molecule has 1 aromatic rings. The number of unbranched alkanes of at least 4 members (excludes halogenated alkanes) is 1. The molecule has 0 aliphatic carbocycles.